The first-order valence-corrected chi connectivity index (χ1v) is 8.45. The van der Waals surface area contributed by atoms with E-state index < -0.39 is 0 Å². The van der Waals surface area contributed by atoms with Crippen LogP contribution in [-0.4, -0.2) is 12.1 Å². The van der Waals surface area contributed by atoms with Crippen LogP contribution < -0.4 is 4.74 Å². The summed E-state index contributed by atoms with van der Waals surface area (Å²) in [6, 6.07) is 16.9. The lowest BCUT2D eigenvalue weighted by Crippen LogP contribution is -2.16. The largest absolute Gasteiger partial charge is 0.497 e. The second kappa shape index (κ2) is 6.12. The number of benzene rings is 2. The van der Waals surface area contributed by atoms with Crippen LogP contribution in [0.3, 0.4) is 0 Å². The molecule has 120 valence electrons. The van der Waals surface area contributed by atoms with Crippen LogP contribution in [0.5, 0.6) is 5.75 Å². The van der Waals surface area contributed by atoms with Crippen molar-refractivity contribution in [2.24, 2.45) is 5.92 Å². The summed E-state index contributed by atoms with van der Waals surface area (Å²) in [6.45, 7) is 2.34. The van der Waals surface area contributed by atoms with Gasteiger partial charge in [-0.1, -0.05) is 49.4 Å². The molecule has 1 aromatic heterocycles. The molecule has 0 radical (unpaired) electrons. The van der Waals surface area contributed by atoms with Gasteiger partial charge >= 0.3 is 0 Å². The molecule has 0 amide bonds. The monoisotopic (exact) mass is 315 g/mol. The second-order valence-corrected chi connectivity index (χ2v) is 6.51. The Hall–Kier alpha value is -2.61. The van der Waals surface area contributed by atoms with Crippen LogP contribution in [0.25, 0.3) is 17.0 Å². The van der Waals surface area contributed by atoms with Crippen LogP contribution in [0.2, 0.25) is 0 Å². The number of methoxy groups -OCH3 is 1. The molecule has 0 spiro atoms. The van der Waals surface area contributed by atoms with E-state index in [1.807, 2.05) is 18.3 Å². The van der Waals surface area contributed by atoms with Crippen LogP contribution in [0.15, 0.2) is 60.8 Å². The minimum Gasteiger partial charge on any atom is -0.497 e. The third kappa shape index (κ3) is 2.58. The zero-order chi connectivity index (χ0) is 16.5. The quantitative estimate of drug-likeness (QED) is 0.660. The van der Waals surface area contributed by atoms with Gasteiger partial charge in [-0.15, -0.1) is 0 Å². The second-order valence-electron chi connectivity index (χ2n) is 6.51. The highest BCUT2D eigenvalue weighted by Gasteiger charge is 2.24. The number of fused-ring (bicyclic) bond motifs is 3. The van der Waals surface area contributed by atoms with Crippen molar-refractivity contribution in [3.63, 3.8) is 0 Å². The molecule has 2 unspecified atom stereocenters. The molecule has 1 heterocycles. The van der Waals surface area contributed by atoms with Crippen LogP contribution in [0.4, 0.5) is 0 Å². The molecule has 0 N–H and O–H groups in total. The molecule has 0 bridgehead atoms. The molecule has 1 aliphatic rings. The molecule has 1 aliphatic carbocycles. The molecule has 0 fully saturated rings. The van der Waals surface area contributed by atoms with Crippen LogP contribution in [0, 0.1) is 5.92 Å². The number of nitrogens with zero attached hydrogens (tertiary/aromatic N) is 1. The minimum atomic E-state index is 0.472. The van der Waals surface area contributed by atoms with Crippen molar-refractivity contribution in [1.29, 1.82) is 0 Å². The van der Waals surface area contributed by atoms with E-state index in [9.17, 15) is 0 Å². The zero-order valence-electron chi connectivity index (χ0n) is 14.1. The van der Waals surface area contributed by atoms with E-state index in [0.29, 0.717) is 11.8 Å². The standard InChI is InChI=1S/C22H21NO/c1-15-17(13-16-7-11-19(24-2)12-8-16)9-10-18-14-23-21-6-4-3-5-20(21)22(15)18/h3-12,14-15,17H,13H2,1-2H3. The highest BCUT2D eigenvalue weighted by Crippen LogP contribution is 2.39. The third-order valence-corrected chi connectivity index (χ3v) is 5.10. The molecule has 24 heavy (non-hydrogen) atoms. The summed E-state index contributed by atoms with van der Waals surface area (Å²) >= 11 is 0. The number of hydrogen-bond acceptors (Lipinski definition) is 2. The fraction of sp³-hybridized carbons (Fsp3) is 0.227. The summed E-state index contributed by atoms with van der Waals surface area (Å²) in [5.41, 5.74) is 5.12. The first-order chi connectivity index (χ1) is 11.8. The Bertz CT molecular complexity index is 895. The van der Waals surface area contributed by atoms with Crippen molar-refractivity contribution in [3.8, 4) is 5.75 Å². The molecule has 0 saturated carbocycles. The topological polar surface area (TPSA) is 22.1 Å². The van der Waals surface area contributed by atoms with Gasteiger partial charge in [-0.3, -0.25) is 4.98 Å². The number of para-hydroxylation sites is 1. The SMILES string of the molecule is COc1ccc(CC2C=Cc3cnc4ccccc4c3C2C)cc1. The summed E-state index contributed by atoms with van der Waals surface area (Å²) in [5.74, 6) is 1.88. The highest BCUT2D eigenvalue weighted by atomic mass is 16.5. The maximum atomic E-state index is 5.25. The lowest BCUT2D eigenvalue weighted by atomic mass is 9.77. The Kier molecular flexibility index (Phi) is 3.81. The zero-order valence-corrected chi connectivity index (χ0v) is 14.1. The molecule has 2 nitrogen and oxygen atoms in total. The Balaban J connectivity index is 1.68. The van der Waals surface area contributed by atoms with Gasteiger partial charge in [-0.2, -0.15) is 0 Å². The average Bonchev–Trinajstić information content (AvgIpc) is 2.64. The van der Waals surface area contributed by atoms with E-state index in [-0.39, 0.29) is 0 Å². The minimum absolute atomic E-state index is 0.472. The van der Waals surface area contributed by atoms with Crippen molar-refractivity contribution in [3.05, 3.63) is 77.5 Å². The smallest absolute Gasteiger partial charge is 0.118 e. The van der Waals surface area contributed by atoms with Gasteiger partial charge in [0.25, 0.3) is 0 Å². The Labute approximate surface area is 142 Å². The molecule has 2 heteroatoms. The molecular weight excluding hydrogens is 294 g/mol. The van der Waals surface area contributed by atoms with Gasteiger partial charge < -0.3 is 4.74 Å². The number of aromatic nitrogens is 1. The third-order valence-electron chi connectivity index (χ3n) is 5.10. The fourth-order valence-corrected chi connectivity index (χ4v) is 3.71. The van der Waals surface area contributed by atoms with Gasteiger partial charge in [0, 0.05) is 11.6 Å². The lowest BCUT2D eigenvalue weighted by molar-refractivity contribution is 0.414. The van der Waals surface area contributed by atoms with Crippen molar-refractivity contribution >= 4 is 17.0 Å². The number of ether oxygens (including phenoxy) is 1. The summed E-state index contributed by atoms with van der Waals surface area (Å²) < 4.78 is 5.25. The van der Waals surface area contributed by atoms with Crippen molar-refractivity contribution in [1.82, 2.24) is 4.98 Å². The van der Waals surface area contributed by atoms with E-state index in [0.717, 1.165) is 17.7 Å². The van der Waals surface area contributed by atoms with Crippen molar-refractivity contribution < 1.29 is 4.74 Å². The Morgan fingerprint density at radius 3 is 2.62 bits per heavy atom. The van der Waals surface area contributed by atoms with Crippen molar-refractivity contribution in [2.45, 2.75) is 19.3 Å². The number of pyridine rings is 1. The predicted molar refractivity (Wildman–Crippen MR) is 99.4 cm³/mol. The predicted octanol–water partition coefficient (Wildman–Crippen LogP) is 5.23. The first kappa shape index (κ1) is 14.9. The lowest BCUT2D eigenvalue weighted by Gasteiger charge is -2.28. The number of hydrogen-bond donors (Lipinski definition) is 0. The molecule has 3 aromatic rings. The maximum Gasteiger partial charge on any atom is 0.118 e. The van der Waals surface area contributed by atoms with E-state index in [4.69, 9.17) is 4.74 Å². The van der Waals surface area contributed by atoms with Gasteiger partial charge in [0.05, 0.1) is 12.6 Å². The molecule has 0 aliphatic heterocycles. The molecule has 2 atom stereocenters. The normalized spacial score (nSPS) is 19.2. The Morgan fingerprint density at radius 2 is 1.83 bits per heavy atom. The van der Waals surface area contributed by atoms with Crippen LogP contribution in [-0.2, 0) is 6.42 Å². The summed E-state index contributed by atoms with van der Waals surface area (Å²) in [4.78, 5) is 4.59. The van der Waals surface area contributed by atoms with Crippen LogP contribution >= 0.6 is 0 Å². The van der Waals surface area contributed by atoms with Crippen LogP contribution in [0.1, 0.15) is 29.5 Å². The van der Waals surface area contributed by atoms with E-state index in [1.54, 1.807) is 7.11 Å². The Morgan fingerprint density at radius 1 is 1.04 bits per heavy atom. The number of rotatable bonds is 3. The average molecular weight is 315 g/mol. The first-order valence-electron chi connectivity index (χ1n) is 8.45. The fourth-order valence-electron chi connectivity index (χ4n) is 3.71. The summed E-state index contributed by atoms with van der Waals surface area (Å²) in [6.07, 6.45) is 7.63. The number of allylic oxidation sites excluding steroid dienone is 1. The van der Waals surface area contributed by atoms with Gasteiger partial charge in [0.2, 0.25) is 0 Å². The van der Waals surface area contributed by atoms with Crippen molar-refractivity contribution in [2.75, 3.05) is 7.11 Å². The van der Waals surface area contributed by atoms with Gasteiger partial charge in [0.15, 0.2) is 0 Å². The van der Waals surface area contributed by atoms with E-state index in [1.165, 1.54) is 22.1 Å². The summed E-state index contributed by atoms with van der Waals surface area (Å²) in [7, 11) is 1.71. The van der Waals surface area contributed by atoms with Gasteiger partial charge in [-0.25, -0.2) is 0 Å². The highest BCUT2D eigenvalue weighted by molar-refractivity contribution is 5.86. The maximum absolute atomic E-state index is 5.25. The molecule has 4 rings (SSSR count). The van der Waals surface area contributed by atoms with Gasteiger partial charge in [0.1, 0.15) is 5.75 Å². The molecule has 2 aromatic carbocycles. The molecule has 0 saturated heterocycles. The van der Waals surface area contributed by atoms with E-state index in [2.05, 4.69) is 60.5 Å². The van der Waals surface area contributed by atoms with Gasteiger partial charge in [-0.05, 0) is 53.1 Å². The molecular formula is C22H21NO. The van der Waals surface area contributed by atoms with E-state index >= 15 is 0 Å². The summed E-state index contributed by atoms with van der Waals surface area (Å²) in [5, 5.41) is 1.28.